The van der Waals surface area contributed by atoms with Gasteiger partial charge in [-0.1, -0.05) is 18.2 Å². The molecule has 2 rings (SSSR count). The SMILES string of the molecule is NC(=O)NN=Cc1cccc2cc(Br)cnc12. The number of pyridine rings is 1. The van der Waals surface area contributed by atoms with Crippen LogP contribution in [0.3, 0.4) is 0 Å². The van der Waals surface area contributed by atoms with Gasteiger partial charge in [0.2, 0.25) is 0 Å². The third-order valence-corrected chi connectivity index (χ3v) is 2.52. The van der Waals surface area contributed by atoms with Crippen LogP contribution in [0.1, 0.15) is 5.56 Å². The Kier molecular flexibility index (Phi) is 3.34. The monoisotopic (exact) mass is 292 g/mol. The van der Waals surface area contributed by atoms with Crippen LogP contribution in [0.4, 0.5) is 4.79 Å². The van der Waals surface area contributed by atoms with Gasteiger partial charge in [0.15, 0.2) is 0 Å². The maximum absolute atomic E-state index is 10.5. The van der Waals surface area contributed by atoms with E-state index in [9.17, 15) is 4.79 Å². The summed E-state index contributed by atoms with van der Waals surface area (Å²) in [6.45, 7) is 0. The number of rotatable bonds is 2. The molecule has 2 amide bonds. The molecule has 1 aromatic heterocycles. The summed E-state index contributed by atoms with van der Waals surface area (Å²) in [4.78, 5) is 14.8. The van der Waals surface area contributed by atoms with Crippen molar-refractivity contribution in [1.82, 2.24) is 10.4 Å². The Balaban J connectivity index is 2.40. The van der Waals surface area contributed by atoms with Gasteiger partial charge in [-0.2, -0.15) is 5.10 Å². The number of para-hydroxylation sites is 1. The number of primary amides is 1. The minimum absolute atomic E-state index is 0.697. The number of amides is 2. The van der Waals surface area contributed by atoms with Crippen LogP contribution in [0, 0.1) is 0 Å². The Hall–Kier alpha value is -1.95. The number of fused-ring (bicyclic) bond motifs is 1. The minimum atomic E-state index is -0.697. The molecule has 0 radical (unpaired) electrons. The van der Waals surface area contributed by atoms with Gasteiger partial charge in [-0.15, -0.1) is 0 Å². The first-order chi connectivity index (χ1) is 8.16. The molecule has 0 atom stereocenters. The highest BCUT2D eigenvalue weighted by atomic mass is 79.9. The third-order valence-electron chi connectivity index (χ3n) is 2.09. The van der Waals surface area contributed by atoms with Gasteiger partial charge in [0.1, 0.15) is 0 Å². The Morgan fingerprint density at radius 3 is 3.12 bits per heavy atom. The zero-order chi connectivity index (χ0) is 12.3. The van der Waals surface area contributed by atoms with Crippen molar-refractivity contribution in [3.05, 3.63) is 40.5 Å². The van der Waals surface area contributed by atoms with Crippen molar-refractivity contribution in [2.45, 2.75) is 0 Å². The van der Waals surface area contributed by atoms with E-state index in [-0.39, 0.29) is 0 Å². The Bertz CT molecular complexity index is 597. The van der Waals surface area contributed by atoms with Crippen LogP contribution in [0.5, 0.6) is 0 Å². The highest BCUT2D eigenvalue weighted by Gasteiger charge is 2.00. The average Bonchev–Trinajstić information content (AvgIpc) is 2.28. The van der Waals surface area contributed by atoms with Crippen molar-refractivity contribution >= 4 is 39.1 Å². The fraction of sp³-hybridized carbons (Fsp3) is 0. The van der Waals surface area contributed by atoms with E-state index >= 15 is 0 Å². The van der Waals surface area contributed by atoms with Crippen LogP contribution in [-0.4, -0.2) is 17.2 Å². The predicted octanol–water partition coefficient (Wildman–Crippen LogP) is 2.00. The lowest BCUT2D eigenvalue weighted by molar-refractivity contribution is 0.249. The van der Waals surface area contributed by atoms with E-state index in [1.165, 1.54) is 6.21 Å². The first-order valence-corrected chi connectivity index (χ1v) is 5.59. The minimum Gasteiger partial charge on any atom is -0.350 e. The number of carbonyl (C=O) groups excluding carboxylic acids is 1. The van der Waals surface area contributed by atoms with E-state index in [2.05, 4.69) is 31.4 Å². The predicted molar refractivity (Wildman–Crippen MR) is 69.8 cm³/mol. The average molecular weight is 293 g/mol. The Labute approximate surface area is 106 Å². The van der Waals surface area contributed by atoms with Crippen molar-refractivity contribution in [2.75, 3.05) is 0 Å². The molecule has 5 nitrogen and oxygen atoms in total. The number of benzene rings is 1. The number of hydrogen-bond acceptors (Lipinski definition) is 3. The number of hydrogen-bond donors (Lipinski definition) is 2. The van der Waals surface area contributed by atoms with Gasteiger partial charge < -0.3 is 5.73 Å². The molecule has 0 bridgehead atoms. The summed E-state index contributed by atoms with van der Waals surface area (Å²) in [5.74, 6) is 0. The number of hydrazone groups is 1. The molecule has 6 heteroatoms. The molecular weight excluding hydrogens is 284 g/mol. The summed E-state index contributed by atoms with van der Waals surface area (Å²) in [6, 6.07) is 6.96. The topological polar surface area (TPSA) is 80.4 Å². The number of urea groups is 1. The Morgan fingerprint density at radius 1 is 1.53 bits per heavy atom. The van der Waals surface area contributed by atoms with Crippen molar-refractivity contribution in [2.24, 2.45) is 10.8 Å². The lowest BCUT2D eigenvalue weighted by Crippen LogP contribution is -2.24. The highest BCUT2D eigenvalue weighted by molar-refractivity contribution is 9.10. The van der Waals surface area contributed by atoms with E-state index < -0.39 is 6.03 Å². The number of nitrogens with one attached hydrogen (secondary N) is 1. The van der Waals surface area contributed by atoms with Gasteiger partial charge in [0.05, 0.1) is 11.7 Å². The van der Waals surface area contributed by atoms with Crippen molar-refractivity contribution in [3.8, 4) is 0 Å². The molecule has 17 heavy (non-hydrogen) atoms. The fourth-order valence-corrected chi connectivity index (χ4v) is 1.78. The summed E-state index contributed by atoms with van der Waals surface area (Å²) in [6.07, 6.45) is 3.22. The second-order valence-corrected chi connectivity index (χ2v) is 4.22. The van der Waals surface area contributed by atoms with Crippen LogP contribution >= 0.6 is 15.9 Å². The summed E-state index contributed by atoms with van der Waals surface area (Å²) in [5.41, 5.74) is 8.66. The normalized spacial score (nSPS) is 10.9. The second-order valence-electron chi connectivity index (χ2n) is 3.31. The molecule has 1 heterocycles. The third kappa shape index (κ3) is 2.79. The highest BCUT2D eigenvalue weighted by Crippen LogP contribution is 2.19. The largest absolute Gasteiger partial charge is 0.350 e. The Morgan fingerprint density at radius 2 is 2.35 bits per heavy atom. The number of nitrogens with two attached hydrogens (primary N) is 1. The van der Waals surface area contributed by atoms with E-state index in [4.69, 9.17) is 5.73 Å². The molecule has 86 valence electrons. The van der Waals surface area contributed by atoms with Crippen LogP contribution in [0.25, 0.3) is 10.9 Å². The van der Waals surface area contributed by atoms with Crippen molar-refractivity contribution < 1.29 is 4.79 Å². The van der Waals surface area contributed by atoms with Gasteiger partial charge in [0.25, 0.3) is 0 Å². The van der Waals surface area contributed by atoms with Gasteiger partial charge in [-0.05, 0) is 22.0 Å². The molecule has 2 aromatic rings. The van der Waals surface area contributed by atoms with Gasteiger partial charge in [0, 0.05) is 21.6 Å². The standard InChI is InChI=1S/C11H9BrN4O/c12-9-4-7-2-1-3-8(10(7)14-6-9)5-15-16-11(13)17/h1-6H,(H3,13,16,17). The van der Waals surface area contributed by atoms with E-state index in [0.29, 0.717) is 0 Å². The molecule has 0 aliphatic carbocycles. The van der Waals surface area contributed by atoms with Gasteiger partial charge >= 0.3 is 6.03 Å². The molecule has 0 fully saturated rings. The molecule has 1 aromatic carbocycles. The quantitative estimate of drug-likeness (QED) is 0.656. The van der Waals surface area contributed by atoms with E-state index in [0.717, 1.165) is 20.9 Å². The number of carbonyl (C=O) groups is 1. The van der Waals surface area contributed by atoms with Crippen molar-refractivity contribution in [1.29, 1.82) is 0 Å². The van der Waals surface area contributed by atoms with Gasteiger partial charge in [-0.25, -0.2) is 10.2 Å². The molecule has 0 unspecified atom stereocenters. The molecule has 3 N–H and O–H groups in total. The van der Waals surface area contributed by atoms with Crippen LogP contribution in [-0.2, 0) is 0 Å². The fourth-order valence-electron chi connectivity index (χ4n) is 1.43. The molecule has 0 saturated carbocycles. The molecular formula is C11H9BrN4O. The van der Waals surface area contributed by atoms with E-state index in [1.54, 1.807) is 6.20 Å². The summed E-state index contributed by atoms with van der Waals surface area (Å²) in [7, 11) is 0. The maximum atomic E-state index is 10.5. The molecule has 0 aliphatic heterocycles. The number of aromatic nitrogens is 1. The molecule has 0 saturated heterocycles. The molecule has 0 spiro atoms. The van der Waals surface area contributed by atoms with Crippen LogP contribution in [0.15, 0.2) is 40.0 Å². The second kappa shape index (κ2) is 4.92. The summed E-state index contributed by atoms with van der Waals surface area (Å²) >= 11 is 3.36. The lowest BCUT2D eigenvalue weighted by Gasteiger charge is -2.01. The maximum Gasteiger partial charge on any atom is 0.332 e. The molecule has 0 aliphatic rings. The zero-order valence-electron chi connectivity index (χ0n) is 8.72. The van der Waals surface area contributed by atoms with Crippen LogP contribution in [0.2, 0.25) is 0 Å². The van der Waals surface area contributed by atoms with Gasteiger partial charge in [-0.3, -0.25) is 4.98 Å². The summed E-state index contributed by atoms with van der Waals surface area (Å²) in [5, 5.41) is 4.70. The first kappa shape index (κ1) is 11.5. The van der Waals surface area contributed by atoms with E-state index in [1.807, 2.05) is 24.3 Å². The number of halogens is 1. The van der Waals surface area contributed by atoms with Crippen molar-refractivity contribution in [3.63, 3.8) is 0 Å². The smallest absolute Gasteiger partial charge is 0.332 e. The first-order valence-electron chi connectivity index (χ1n) is 4.79. The zero-order valence-corrected chi connectivity index (χ0v) is 10.3. The lowest BCUT2D eigenvalue weighted by atomic mass is 10.1. The number of nitrogens with zero attached hydrogens (tertiary/aromatic N) is 2. The summed E-state index contributed by atoms with van der Waals surface area (Å²) < 4.78 is 0.911. The van der Waals surface area contributed by atoms with Crippen LogP contribution < -0.4 is 11.2 Å².